The number of allylic oxidation sites excluding steroid dienone is 5. The molecule has 0 amide bonds. The minimum absolute atomic E-state index is 0.306. The van der Waals surface area contributed by atoms with Gasteiger partial charge in [0.15, 0.2) is 0 Å². The van der Waals surface area contributed by atoms with Gasteiger partial charge in [-0.3, -0.25) is 0 Å². The first kappa shape index (κ1) is 40.7. The highest BCUT2D eigenvalue weighted by molar-refractivity contribution is 6.13. The Balaban J connectivity index is 0.900. The lowest BCUT2D eigenvalue weighted by molar-refractivity contribution is 0.660. The summed E-state index contributed by atoms with van der Waals surface area (Å²) < 4.78 is 4.95. The van der Waals surface area contributed by atoms with E-state index in [0.717, 1.165) is 29.2 Å². The zero-order valence-corrected chi connectivity index (χ0v) is 40.1. The van der Waals surface area contributed by atoms with Crippen LogP contribution < -0.4 is 9.80 Å². The monoisotopic (exact) mass is 920 g/mol. The van der Waals surface area contributed by atoms with Crippen molar-refractivity contribution in [3.8, 4) is 56.1 Å². The fourth-order valence-electron chi connectivity index (χ4n) is 12.7. The second-order valence-corrected chi connectivity index (χ2v) is 20.0. The van der Waals surface area contributed by atoms with Crippen LogP contribution in [0.15, 0.2) is 248 Å². The Labute approximate surface area is 419 Å². The van der Waals surface area contributed by atoms with Crippen LogP contribution in [0.4, 0.5) is 28.4 Å². The molecule has 72 heavy (non-hydrogen) atoms. The minimum atomic E-state index is -0.306. The maximum atomic E-state index is 2.56. The van der Waals surface area contributed by atoms with E-state index in [1.807, 2.05) is 0 Å². The molecule has 4 heterocycles. The maximum Gasteiger partial charge on any atom is 0.0641 e. The highest BCUT2D eigenvalue weighted by Gasteiger charge is 2.39. The number of anilines is 5. The first-order valence-corrected chi connectivity index (χ1v) is 25.2. The smallest absolute Gasteiger partial charge is 0.0641 e. The number of nitrogens with zero attached hydrogens (tertiary/aromatic N) is 4. The number of hydrogen-bond donors (Lipinski definition) is 0. The van der Waals surface area contributed by atoms with Gasteiger partial charge in [0.2, 0.25) is 0 Å². The summed E-state index contributed by atoms with van der Waals surface area (Å²) in [5, 5.41) is 2.49. The van der Waals surface area contributed by atoms with Crippen LogP contribution in [-0.2, 0) is 5.41 Å². The van der Waals surface area contributed by atoms with Gasteiger partial charge in [0, 0.05) is 84.4 Å². The largest absolute Gasteiger partial charge is 0.313 e. The normalized spacial score (nSPS) is 14.6. The Bertz CT molecular complexity index is 4160. The average molecular weight is 921 g/mol. The van der Waals surface area contributed by atoms with Crippen LogP contribution in [0, 0.1) is 0 Å². The summed E-state index contributed by atoms with van der Waals surface area (Å²) in [5.74, 6) is 0. The summed E-state index contributed by atoms with van der Waals surface area (Å²) in [6, 6.07) is 81.0. The SMILES string of the molecule is CC1(C)c2cc(N3C4=C(C=CC=CC4)c4c(n(-c5ccccc5)c5ccccc45)-c4ccccc43)ccc2-c2ccc(N3c4ccccc4-c4c(n(-c5ccccc5)c5ccccc45)-c4ccccc43)cc21. The molecular formula is C68H48N4. The molecule has 0 unspecified atom stereocenters. The molecule has 0 atom stereocenters. The Hall–Kier alpha value is -9.12. The van der Waals surface area contributed by atoms with Gasteiger partial charge in [0.05, 0.1) is 39.5 Å². The standard InChI is InChI=1S/C68H48N4/c1-68(2)56-42-46(69-58-32-11-5-10-26-50(58)64-52-28-13-18-34-60(52)71(44-22-6-3-7-23-44)66(64)54-30-15-20-36-62(54)69)38-40-48(56)49-41-39-47(43-57(49)68)70-59-33-17-12-27-51(59)65-53-29-14-19-35-61(53)72(45-24-8-4-9-25-45)67(65)55-31-16-21-37-63(55)70/h3-31,33-43H,32H2,1-2H3. The van der Waals surface area contributed by atoms with Gasteiger partial charge in [0.25, 0.3) is 0 Å². The quantitative estimate of drug-likeness (QED) is 0.175. The van der Waals surface area contributed by atoms with Gasteiger partial charge in [0.1, 0.15) is 0 Å². The van der Waals surface area contributed by atoms with E-state index in [1.54, 1.807) is 0 Å². The van der Waals surface area contributed by atoms with Crippen LogP contribution >= 0.6 is 0 Å². The Morgan fingerprint density at radius 2 is 0.833 bits per heavy atom. The van der Waals surface area contributed by atoms with Crippen molar-refractivity contribution < 1.29 is 0 Å². The Morgan fingerprint density at radius 3 is 1.43 bits per heavy atom. The van der Waals surface area contributed by atoms with E-state index in [2.05, 4.69) is 275 Å². The number of rotatable bonds is 4. The molecule has 11 aromatic rings. The van der Waals surface area contributed by atoms with Gasteiger partial charge in [-0.15, -0.1) is 0 Å². The topological polar surface area (TPSA) is 16.3 Å². The molecule has 4 heteroatoms. The van der Waals surface area contributed by atoms with E-state index in [0.29, 0.717) is 0 Å². The van der Waals surface area contributed by atoms with Crippen LogP contribution in [0.3, 0.4) is 0 Å². The molecule has 4 nitrogen and oxygen atoms in total. The molecule has 0 saturated carbocycles. The van der Waals surface area contributed by atoms with E-state index in [9.17, 15) is 0 Å². The lowest BCUT2D eigenvalue weighted by Crippen LogP contribution is -2.20. The van der Waals surface area contributed by atoms with Crippen molar-refractivity contribution in [1.82, 2.24) is 9.13 Å². The van der Waals surface area contributed by atoms with E-state index < -0.39 is 0 Å². The van der Waals surface area contributed by atoms with Crippen molar-refractivity contribution in [3.63, 3.8) is 0 Å². The molecule has 0 radical (unpaired) electrons. The van der Waals surface area contributed by atoms with E-state index in [1.165, 1.54) is 112 Å². The third-order valence-corrected chi connectivity index (χ3v) is 15.8. The Kier molecular flexibility index (Phi) is 8.74. The van der Waals surface area contributed by atoms with Crippen LogP contribution in [-0.4, -0.2) is 9.13 Å². The molecule has 0 bridgehead atoms. The number of fused-ring (bicyclic) bond motifs is 16. The Morgan fingerprint density at radius 1 is 0.375 bits per heavy atom. The molecule has 15 rings (SSSR count). The van der Waals surface area contributed by atoms with Crippen LogP contribution in [0.5, 0.6) is 0 Å². The van der Waals surface area contributed by atoms with E-state index >= 15 is 0 Å². The number of aromatic nitrogens is 2. The molecule has 0 spiro atoms. The van der Waals surface area contributed by atoms with E-state index in [-0.39, 0.29) is 5.41 Å². The van der Waals surface area contributed by atoms with Crippen molar-refractivity contribution in [2.24, 2.45) is 0 Å². The summed E-state index contributed by atoms with van der Waals surface area (Å²) in [4.78, 5) is 5.08. The van der Waals surface area contributed by atoms with Crippen molar-refractivity contribution in [2.45, 2.75) is 25.7 Å². The molecule has 0 fully saturated rings. The van der Waals surface area contributed by atoms with Crippen molar-refractivity contribution in [3.05, 3.63) is 265 Å². The van der Waals surface area contributed by atoms with Gasteiger partial charge < -0.3 is 18.9 Å². The number of para-hydroxylation sites is 7. The minimum Gasteiger partial charge on any atom is -0.313 e. The van der Waals surface area contributed by atoms with Gasteiger partial charge in [-0.2, -0.15) is 0 Å². The molecule has 2 aliphatic heterocycles. The molecule has 9 aromatic carbocycles. The molecule has 4 aliphatic rings. The van der Waals surface area contributed by atoms with Crippen LogP contribution in [0.25, 0.3) is 83.5 Å². The van der Waals surface area contributed by atoms with Gasteiger partial charge in [-0.1, -0.05) is 178 Å². The third-order valence-electron chi connectivity index (χ3n) is 15.8. The molecule has 2 aliphatic carbocycles. The first-order valence-electron chi connectivity index (χ1n) is 25.2. The summed E-state index contributed by atoms with van der Waals surface area (Å²) in [6.45, 7) is 4.84. The number of hydrogen-bond acceptors (Lipinski definition) is 2. The highest BCUT2D eigenvalue weighted by Crippen LogP contribution is 2.58. The van der Waals surface area contributed by atoms with Crippen molar-refractivity contribution in [2.75, 3.05) is 9.80 Å². The molecular weight excluding hydrogens is 873 g/mol. The number of benzene rings is 9. The predicted molar refractivity (Wildman–Crippen MR) is 301 cm³/mol. The average Bonchev–Trinajstić information content (AvgIpc) is 3.86. The van der Waals surface area contributed by atoms with E-state index in [4.69, 9.17) is 0 Å². The highest BCUT2D eigenvalue weighted by atomic mass is 15.2. The lowest BCUT2D eigenvalue weighted by atomic mass is 9.82. The summed E-state index contributed by atoms with van der Waals surface area (Å²) in [5.41, 5.74) is 26.5. The van der Waals surface area contributed by atoms with Gasteiger partial charge in [-0.25, -0.2) is 0 Å². The fraction of sp³-hybridized carbons (Fsp3) is 0.0588. The maximum absolute atomic E-state index is 2.56. The molecule has 340 valence electrons. The van der Waals surface area contributed by atoms with Crippen molar-refractivity contribution in [1.29, 1.82) is 0 Å². The first-order chi connectivity index (χ1) is 35.5. The lowest BCUT2D eigenvalue weighted by Gasteiger charge is -2.31. The summed E-state index contributed by atoms with van der Waals surface area (Å²) in [7, 11) is 0. The predicted octanol–water partition coefficient (Wildman–Crippen LogP) is 18.0. The van der Waals surface area contributed by atoms with Crippen LogP contribution in [0.2, 0.25) is 0 Å². The van der Waals surface area contributed by atoms with Crippen LogP contribution in [0.1, 0.15) is 37.0 Å². The van der Waals surface area contributed by atoms with Crippen molar-refractivity contribution >= 4 is 55.8 Å². The van der Waals surface area contributed by atoms with Gasteiger partial charge in [-0.05, 0) is 101 Å². The summed E-state index contributed by atoms with van der Waals surface area (Å²) in [6.07, 6.45) is 9.87. The summed E-state index contributed by atoms with van der Waals surface area (Å²) >= 11 is 0. The second-order valence-electron chi connectivity index (χ2n) is 20.0. The molecule has 2 aromatic heterocycles. The molecule has 0 saturated heterocycles. The fourth-order valence-corrected chi connectivity index (χ4v) is 12.7. The third kappa shape index (κ3) is 5.69. The zero-order chi connectivity index (χ0) is 47.7. The van der Waals surface area contributed by atoms with Gasteiger partial charge >= 0.3 is 0 Å². The second kappa shape index (κ2) is 15.4. The zero-order valence-electron chi connectivity index (χ0n) is 40.1. The molecule has 0 N–H and O–H groups in total.